The van der Waals surface area contributed by atoms with E-state index in [9.17, 15) is 5.11 Å². The van der Waals surface area contributed by atoms with E-state index in [2.05, 4.69) is 23.2 Å². The number of pyridine rings is 1. The van der Waals surface area contributed by atoms with Crippen LogP contribution in [0, 0.1) is 5.92 Å². The van der Waals surface area contributed by atoms with Gasteiger partial charge in [-0.05, 0) is 37.3 Å². The van der Waals surface area contributed by atoms with Crippen LogP contribution in [0.4, 0.5) is 0 Å². The summed E-state index contributed by atoms with van der Waals surface area (Å²) in [5, 5.41) is 12.5. The Bertz CT molecular complexity index is 726. The third-order valence-electron chi connectivity index (χ3n) is 5.21. The molecule has 5 rings (SSSR count). The molecule has 1 fully saturated rings. The van der Waals surface area contributed by atoms with Gasteiger partial charge in [-0.15, -0.1) is 0 Å². The fourth-order valence-corrected chi connectivity index (χ4v) is 3.94. The van der Waals surface area contributed by atoms with E-state index in [4.69, 9.17) is 4.74 Å². The van der Waals surface area contributed by atoms with Crippen LogP contribution in [0.15, 0.2) is 48.7 Å². The van der Waals surface area contributed by atoms with Crippen LogP contribution >= 0.6 is 0 Å². The van der Waals surface area contributed by atoms with Crippen molar-refractivity contribution < 1.29 is 9.84 Å². The Labute approximate surface area is 124 Å². The quantitative estimate of drug-likeness (QED) is 0.860. The minimum absolute atomic E-state index is 0.429. The number of methoxy groups -OCH3 is 1. The summed E-state index contributed by atoms with van der Waals surface area (Å²) >= 11 is 0. The number of hydrogen-bond acceptors (Lipinski definition) is 3. The SMILES string of the molecule is CO[C@@]12C=C[C@@H](CC1)C[C@]2(O)c1cnc2ccccc2c1. The molecule has 3 atom stereocenters. The van der Waals surface area contributed by atoms with E-state index in [0.717, 1.165) is 29.3 Å². The number of nitrogens with zero attached hydrogens (tertiary/aromatic N) is 1. The molecule has 21 heavy (non-hydrogen) atoms. The molecule has 108 valence electrons. The fraction of sp³-hybridized carbons (Fsp3) is 0.389. The van der Waals surface area contributed by atoms with Gasteiger partial charge in [-0.25, -0.2) is 0 Å². The van der Waals surface area contributed by atoms with Crippen LogP contribution in [0.2, 0.25) is 0 Å². The van der Waals surface area contributed by atoms with Gasteiger partial charge in [-0.3, -0.25) is 4.98 Å². The number of benzene rings is 1. The standard InChI is InChI=1S/C18H19NO2/c1-21-17-8-6-13(7-9-17)11-18(17,20)15-10-14-4-2-3-5-16(14)19-12-15/h2-6,8,10,12-13,20H,7,9,11H2,1H3/t13-,17-,18-/m0/s1. The van der Waals surface area contributed by atoms with Gasteiger partial charge < -0.3 is 9.84 Å². The van der Waals surface area contributed by atoms with Crippen LogP contribution < -0.4 is 0 Å². The molecule has 0 saturated heterocycles. The number of para-hydroxylation sites is 1. The molecule has 3 aliphatic rings. The molecule has 3 heteroatoms. The van der Waals surface area contributed by atoms with Gasteiger partial charge in [0.2, 0.25) is 0 Å². The number of rotatable bonds is 2. The van der Waals surface area contributed by atoms with Crippen LogP contribution in [-0.2, 0) is 10.3 Å². The minimum atomic E-state index is -0.990. The lowest BCUT2D eigenvalue weighted by Gasteiger charge is -2.53. The summed E-state index contributed by atoms with van der Waals surface area (Å²) in [5.74, 6) is 0.429. The largest absolute Gasteiger partial charge is 0.382 e. The second-order valence-electron chi connectivity index (χ2n) is 6.23. The van der Waals surface area contributed by atoms with Crippen molar-refractivity contribution in [1.29, 1.82) is 0 Å². The summed E-state index contributed by atoms with van der Waals surface area (Å²) in [6, 6.07) is 10.0. The third kappa shape index (κ3) is 1.71. The summed E-state index contributed by atoms with van der Waals surface area (Å²) in [6.07, 6.45) is 8.69. The Hall–Kier alpha value is -1.71. The molecule has 0 spiro atoms. The first kappa shape index (κ1) is 13.0. The highest BCUT2D eigenvalue weighted by Crippen LogP contribution is 2.53. The summed E-state index contributed by atoms with van der Waals surface area (Å²) < 4.78 is 5.78. The number of hydrogen-bond donors (Lipinski definition) is 1. The van der Waals surface area contributed by atoms with Crippen molar-refractivity contribution >= 4 is 10.9 Å². The normalized spacial score (nSPS) is 34.5. The Balaban J connectivity index is 1.88. The molecule has 2 bridgehead atoms. The van der Waals surface area contributed by atoms with Crippen LogP contribution in [0.3, 0.4) is 0 Å². The molecule has 1 N–H and O–H groups in total. The van der Waals surface area contributed by atoms with E-state index in [1.165, 1.54) is 0 Å². The zero-order valence-electron chi connectivity index (χ0n) is 12.1. The monoisotopic (exact) mass is 281 g/mol. The molecular weight excluding hydrogens is 262 g/mol. The van der Waals surface area contributed by atoms with Gasteiger partial charge in [0.15, 0.2) is 0 Å². The number of aliphatic hydroxyl groups is 1. The maximum atomic E-state index is 11.4. The van der Waals surface area contributed by atoms with Gasteiger partial charge in [0.05, 0.1) is 5.52 Å². The van der Waals surface area contributed by atoms with Crippen LogP contribution in [0.25, 0.3) is 10.9 Å². The predicted octanol–water partition coefficient (Wildman–Crippen LogP) is 3.18. The molecule has 1 saturated carbocycles. The Morgan fingerprint density at radius 1 is 1.33 bits per heavy atom. The summed E-state index contributed by atoms with van der Waals surface area (Å²) in [4.78, 5) is 4.51. The average molecular weight is 281 g/mol. The molecule has 2 aromatic rings. The number of ether oxygens (including phenoxy) is 1. The first-order valence-electron chi connectivity index (χ1n) is 7.49. The van der Waals surface area contributed by atoms with Crippen molar-refractivity contribution in [3.05, 3.63) is 54.2 Å². The van der Waals surface area contributed by atoms with E-state index in [1.54, 1.807) is 13.3 Å². The Morgan fingerprint density at radius 3 is 2.95 bits per heavy atom. The molecule has 3 nitrogen and oxygen atoms in total. The lowest BCUT2D eigenvalue weighted by Crippen LogP contribution is -2.57. The Kier molecular flexibility index (Phi) is 2.72. The van der Waals surface area contributed by atoms with E-state index in [0.29, 0.717) is 12.3 Å². The van der Waals surface area contributed by atoms with Crippen molar-refractivity contribution in [1.82, 2.24) is 4.98 Å². The van der Waals surface area contributed by atoms with Gasteiger partial charge in [0.1, 0.15) is 11.2 Å². The molecule has 1 heterocycles. The van der Waals surface area contributed by atoms with Crippen molar-refractivity contribution in [2.75, 3.05) is 7.11 Å². The first-order valence-corrected chi connectivity index (χ1v) is 7.49. The fourth-order valence-electron chi connectivity index (χ4n) is 3.94. The maximum Gasteiger partial charge on any atom is 0.124 e. The summed E-state index contributed by atoms with van der Waals surface area (Å²) in [5.41, 5.74) is 0.201. The highest BCUT2D eigenvalue weighted by molar-refractivity contribution is 5.79. The van der Waals surface area contributed by atoms with Crippen LogP contribution in [0.1, 0.15) is 24.8 Å². The molecule has 3 aliphatic carbocycles. The molecule has 0 radical (unpaired) electrons. The Morgan fingerprint density at radius 2 is 2.19 bits per heavy atom. The highest BCUT2D eigenvalue weighted by atomic mass is 16.5. The van der Waals surface area contributed by atoms with Gasteiger partial charge >= 0.3 is 0 Å². The average Bonchev–Trinajstić information content (AvgIpc) is 2.55. The lowest BCUT2D eigenvalue weighted by atomic mass is 9.61. The van der Waals surface area contributed by atoms with Gasteiger partial charge in [-0.2, -0.15) is 0 Å². The topological polar surface area (TPSA) is 42.4 Å². The van der Waals surface area contributed by atoms with Gasteiger partial charge in [0, 0.05) is 24.3 Å². The lowest BCUT2D eigenvalue weighted by molar-refractivity contribution is -0.185. The van der Waals surface area contributed by atoms with Crippen molar-refractivity contribution in [3.63, 3.8) is 0 Å². The number of aromatic nitrogens is 1. The zero-order valence-corrected chi connectivity index (χ0v) is 12.1. The third-order valence-corrected chi connectivity index (χ3v) is 5.21. The van der Waals surface area contributed by atoms with E-state index in [-0.39, 0.29) is 0 Å². The van der Waals surface area contributed by atoms with Crippen molar-refractivity contribution in [2.45, 2.75) is 30.5 Å². The molecule has 1 aromatic carbocycles. The van der Waals surface area contributed by atoms with E-state index >= 15 is 0 Å². The summed E-state index contributed by atoms with van der Waals surface area (Å²) in [6.45, 7) is 0. The smallest absolute Gasteiger partial charge is 0.124 e. The zero-order chi connectivity index (χ0) is 14.5. The second kappa shape index (κ2) is 4.39. The maximum absolute atomic E-state index is 11.4. The molecule has 1 aromatic heterocycles. The van der Waals surface area contributed by atoms with E-state index in [1.807, 2.05) is 24.3 Å². The first-order chi connectivity index (χ1) is 10.2. The number of allylic oxidation sites excluding steroid dienone is 1. The molecule has 0 unspecified atom stereocenters. The predicted molar refractivity (Wildman–Crippen MR) is 81.9 cm³/mol. The highest BCUT2D eigenvalue weighted by Gasteiger charge is 2.56. The molecular formula is C18H19NO2. The van der Waals surface area contributed by atoms with Crippen LogP contribution in [-0.4, -0.2) is 22.8 Å². The van der Waals surface area contributed by atoms with Crippen molar-refractivity contribution in [2.24, 2.45) is 5.92 Å². The van der Waals surface area contributed by atoms with Crippen LogP contribution in [0.5, 0.6) is 0 Å². The van der Waals surface area contributed by atoms with Gasteiger partial charge in [-0.1, -0.05) is 30.4 Å². The van der Waals surface area contributed by atoms with Gasteiger partial charge in [0.25, 0.3) is 0 Å². The minimum Gasteiger partial charge on any atom is -0.382 e. The molecule has 0 amide bonds. The summed E-state index contributed by atoms with van der Waals surface area (Å²) in [7, 11) is 1.69. The second-order valence-corrected chi connectivity index (χ2v) is 6.23. The van der Waals surface area contributed by atoms with Crippen molar-refractivity contribution in [3.8, 4) is 0 Å². The van der Waals surface area contributed by atoms with E-state index < -0.39 is 11.2 Å². The molecule has 0 aliphatic heterocycles. The number of fused-ring (bicyclic) bond motifs is 3.